The molecule has 0 spiro atoms. The number of aromatic hydroxyl groups is 1. The minimum absolute atomic E-state index is 0.0330. The number of carbonyl (C=O) groups excluding carboxylic acids is 1. The molecule has 1 amide bonds. The third-order valence-corrected chi connectivity index (χ3v) is 3.27. The van der Waals surface area contributed by atoms with Gasteiger partial charge in [-0.3, -0.25) is 4.79 Å². The van der Waals surface area contributed by atoms with Crippen molar-refractivity contribution in [2.75, 3.05) is 7.05 Å². The van der Waals surface area contributed by atoms with Gasteiger partial charge in [-0.15, -0.1) is 0 Å². The molecule has 1 N–H and O–H groups in total. The molecule has 0 fully saturated rings. The molecule has 0 aliphatic rings. The Bertz CT molecular complexity index is 581. The van der Waals surface area contributed by atoms with Crippen molar-refractivity contribution in [3.8, 4) is 5.75 Å². The first kappa shape index (κ1) is 13.6. The zero-order valence-corrected chi connectivity index (χ0v) is 12.1. The molecule has 0 atom stereocenters. The van der Waals surface area contributed by atoms with Gasteiger partial charge < -0.3 is 10.0 Å². The van der Waals surface area contributed by atoms with Crippen LogP contribution in [0.4, 0.5) is 0 Å². The topological polar surface area (TPSA) is 40.5 Å². The van der Waals surface area contributed by atoms with Crippen molar-refractivity contribution in [2.45, 2.75) is 6.54 Å². The molecule has 4 heteroatoms. The van der Waals surface area contributed by atoms with Gasteiger partial charge in [0.2, 0.25) is 0 Å². The second-order valence-electron chi connectivity index (χ2n) is 4.34. The van der Waals surface area contributed by atoms with Crippen LogP contribution in [0.1, 0.15) is 15.9 Å². The Hall–Kier alpha value is -1.81. The molecule has 0 aliphatic heterocycles. The van der Waals surface area contributed by atoms with E-state index in [1.807, 2.05) is 12.1 Å². The Morgan fingerprint density at radius 3 is 2.53 bits per heavy atom. The van der Waals surface area contributed by atoms with Crippen LogP contribution in [0.5, 0.6) is 5.75 Å². The molecule has 0 saturated carbocycles. The van der Waals surface area contributed by atoms with E-state index in [1.165, 1.54) is 0 Å². The molecule has 0 bridgehead atoms. The number of amides is 1. The average molecular weight is 320 g/mol. The highest BCUT2D eigenvalue weighted by atomic mass is 79.9. The Labute approximate surface area is 120 Å². The second kappa shape index (κ2) is 5.89. The van der Waals surface area contributed by atoms with Crippen molar-refractivity contribution in [3.05, 3.63) is 64.1 Å². The van der Waals surface area contributed by atoms with Crippen LogP contribution in [0.3, 0.4) is 0 Å². The summed E-state index contributed by atoms with van der Waals surface area (Å²) in [4.78, 5) is 13.9. The molecule has 0 aliphatic carbocycles. The number of halogens is 1. The first-order chi connectivity index (χ1) is 9.06. The molecule has 0 aromatic heterocycles. The summed E-state index contributed by atoms with van der Waals surface area (Å²) < 4.78 is 0.886. The third-order valence-electron chi connectivity index (χ3n) is 2.77. The molecule has 98 valence electrons. The number of phenolic OH excluding ortho intramolecular Hbond substituents is 1. The van der Waals surface area contributed by atoms with E-state index >= 15 is 0 Å². The lowest BCUT2D eigenvalue weighted by Gasteiger charge is -2.17. The summed E-state index contributed by atoms with van der Waals surface area (Å²) in [6.07, 6.45) is 0. The molecule has 2 aromatic carbocycles. The van der Waals surface area contributed by atoms with E-state index in [1.54, 1.807) is 48.3 Å². The third kappa shape index (κ3) is 3.58. The number of hydrogen-bond acceptors (Lipinski definition) is 2. The Kier molecular flexibility index (Phi) is 4.22. The number of rotatable bonds is 3. The Morgan fingerprint density at radius 2 is 1.89 bits per heavy atom. The van der Waals surface area contributed by atoms with Crippen LogP contribution in [-0.4, -0.2) is 23.0 Å². The lowest BCUT2D eigenvalue weighted by atomic mass is 10.1. The molecular weight excluding hydrogens is 306 g/mol. The van der Waals surface area contributed by atoms with E-state index in [2.05, 4.69) is 15.9 Å². The maximum Gasteiger partial charge on any atom is 0.253 e. The van der Waals surface area contributed by atoms with Gasteiger partial charge in [0.25, 0.3) is 5.91 Å². The fourth-order valence-corrected chi connectivity index (χ4v) is 2.19. The summed E-state index contributed by atoms with van der Waals surface area (Å²) >= 11 is 3.36. The van der Waals surface area contributed by atoms with Gasteiger partial charge in [0.05, 0.1) is 0 Å². The SMILES string of the molecule is CN(Cc1ccc(O)cc1)C(=O)c1cccc(Br)c1. The van der Waals surface area contributed by atoms with Crippen molar-refractivity contribution >= 4 is 21.8 Å². The predicted molar refractivity (Wildman–Crippen MR) is 78.0 cm³/mol. The van der Waals surface area contributed by atoms with Gasteiger partial charge in [0.1, 0.15) is 5.75 Å². The lowest BCUT2D eigenvalue weighted by molar-refractivity contribution is 0.0785. The number of hydrogen-bond donors (Lipinski definition) is 1. The molecule has 19 heavy (non-hydrogen) atoms. The minimum Gasteiger partial charge on any atom is -0.508 e. The van der Waals surface area contributed by atoms with Crippen molar-refractivity contribution in [2.24, 2.45) is 0 Å². The first-order valence-corrected chi connectivity index (χ1v) is 6.64. The minimum atomic E-state index is -0.0330. The number of carbonyl (C=O) groups is 1. The Morgan fingerprint density at radius 1 is 1.21 bits per heavy atom. The van der Waals surface area contributed by atoms with Crippen molar-refractivity contribution in [3.63, 3.8) is 0 Å². The fraction of sp³-hybridized carbons (Fsp3) is 0.133. The zero-order chi connectivity index (χ0) is 13.8. The molecule has 0 saturated heterocycles. The molecule has 2 aromatic rings. The van der Waals surface area contributed by atoms with Gasteiger partial charge in [-0.05, 0) is 35.9 Å². The van der Waals surface area contributed by atoms with Gasteiger partial charge in [-0.2, -0.15) is 0 Å². The van der Waals surface area contributed by atoms with Crippen LogP contribution in [0, 0.1) is 0 Å². The first-order valence-electron chi connectivity index (χ1n) is 5.85. The highest BCUT2D eigenvalue weighted by molar-refractivity contribution is 9.10. The van der Waals surface area contributed by atoms with Crippen molar-refractivity contribution < 1.29 is 9.90 Å². The Balaban J connectivity index is 2.09. The average Bonchev–Trinajstić information content (AvgIpc) is 2.40. The van der Waals surface area contributed by atoms with E-state index in [0.29, 0.717) is 12.1 Å². The highest BCUT2D eigenvalue weighted by Gasteiger charge is 2.12. The zero-order valence-electron chi connectivity index (χ0n) is 10.5. The van der Waals surface area contributed by atoms with E-state index in [4.69, 9.17) is 0 Å². The van der Waals surface area contributed by atoms with Crippen LogP contribution in [0.25, 0.3) is 0 Å². The van der Waals surface area contributed by atoms with Crippen molar-refractivity contribution in [1.29, 1.82) is 0 Å². The lowest BCUT2D eigenvalue weighted by Crippen LogP contribution is -2.26. The van der Waals surface area contributed by atoms with Gasteiger partial charge in [-0.1, -0.05) is 34.1 Å². The number of phenols is 1. The van der Waals surface area contributed by atoms with E-state index in [-0.39, 0.29) is 11.7 Å². The van der Waals surface area contributed by atoms with Crippen LogP contribution in [0.2, 0.25) is 0 Å². The fourth-order valence-electron chi connectivity index (χ4n) is 1.79. The quantitative estimate of drug-likeness (QED) is 0.941. The van der Waals surface area contributed by atoms with Crippen LogP contribution in [-0.2, 0) is 6.54 Å². The van der Waals surface area contributed by atoms with Crippen LogP contribution >= 0.6 is 15.9 Å². The summed E-state index contributed by atoms with van der Waals surface area (Å²) in [5.41, 5.74) is 1.62. The summed E-state index contributed by atoms with van der Waals surface area (Å²) in [7, 11) is 1.76. The maximum absolute atomic E-state index is 12.2. The number of nitrogens with zero attached hydrogens (tertiary/aromatic N) is 1. The van der Waals surface area contributed by atoms with E-state index in [0.717, 1.165) is 10.0 Å². The van der Waals surface area contributed by atoms with E-state index < -0.39 is 0 Å². The van der Waals surface area contributed by atoms with Crippen LogP contribution < -0.4 is 0 Å². The normalized spacial score (nSPS) is 10.2. The van der Waals surface area contributed by atoms with Gasteiger partial charge >= 0.3 is 0 Å². The molecule has 0 radical (unpaired) electrons. The molecule has 2 rings (SSSR count). The van der Waals surface area contributed by atoms with Gasteiger partial charge in [0.15, 0.2) is 0 Å². The predicted octanol–water partition coefficient (Wildman–Crippen LogP) is 3.43. The summed E-state index contributed by atoms with van der Waals surface area (Å²) in [6, 6.07) is 14.2. The monoisotopic (exact) mass is 319 g/mol. The molecular formula is C15H14BrNO2. The van der Waals surface area contributed by atoms with Gasteiger partial charge in [0, 0.05) is 23.6 Å². The highest BCUT2D eigenvalue weighted by Crippen LogP contribution is 2.15. The molecule has 0 heterocycles. The van der Waals surface area contributed by atoms with Crippen molar-refractivity contribution in [1.82, 2.24) is 4.90 Å². The summed E-state index contributed by atoms with van der Waals surface area (Å²) in [6.45, 7) is 0.506. The second-order valence-corrected chi connectivity index (χ2v) is 5.25. The van der Waals surface area contributed by atoms with E-state index in [9.17, 15) is 9.90 Å². The van der Waals surface area contributed by atoms with Gasteiger partial charge in [-0.25, -0.2) is 0 Å². The maximum atomic E-state index is 12.2. The largest absolute Gasteiger partial charge is 0.508 e. The standard InChI is InChI=1S/C15H14BrNO2/c1-17(10-11-5-7-14(18)8-6-11)15(19)12-3-2-4-13(16)9-12/h2-9,18H,10H2,1H3. The molecule has 0 unspecified atom stereocenters. The summed E-state index contributed by atoms with van der Waals surface area (Å²) in [5.74, 6) is 0.194. The smallest absolute Gasteiger partial charge is 0.253 e. The summed E-state index contributed by atoms with van der Waals surface area (Å²) in [5, 5.41) is 9.22. The molecule has 3 nitrogen and oxygen atoms in total. The van der Waals surface area contributed by atoms with Crippen LogP contribution in [0.15, 0.2) is 53.0 Å². The number of benzene rings is 2.